The molecule has 1 aromatic carbocycles. The SMILES string of the molecule is Cc1ccc(CNC(=O)c2c(F)ccc(N)c2F)s1. The number of nitrogens with two attached hydrogens (primary N) is 1. The van der Waals surface area contributed by atoms with E-state index >= 15 is 0 Å². The van der Waals surface area contributed by atoms with Crippen molar-refractivity contribution < 1.29 is 13.6 Å². The van der Waals surface area contributed by atoms with Gasteiger partial charge in [-0.05, 0) is 31.2 Å². The van der Waals surface area contributed by atoms with Crippen molar-refractivity contribution in [3.63, 3.8) is 0 Å². The van der Waals surface area contributed by atoms with E-state index in [9.17, 15) is 13.6 Å². The van der Waals surface area contributed by atoms with Crippen LogP contribution >= 0.6 is 11.3 Å². The Morgan fingerprint density at radius 1 is 1.32 bits per heavy atom. The third-order valence-corrected chi connectivity index (χ3v) is 3.57. The van der Waals surface area contributed by atoms with Gasteiger partial charge in [0.1, 0.15) is 11.4 Å². The highest BCUT2D eigenvalue weighted by Crippen LogP contribution is 2.19. The summed E-state index contributed by atoms with van der Waals surface area (Å²) in [6.07, 6.45) is 0. The molecule has 1 amide bonds. The van der Waals surface area contributed by atoms with Crippen LogP contribution in [-0.2, 0) is 6.54 Å². The van der Waals surface area contributed by atoms with Gasteiger partial charge in [-0.25, -0.2) is 8.78 Å². The van der Waals surface area contributed by atoms with Crippen LogP contribution in [0.1, 0.15) is 20.1 Å². The minimum atomic E-state index is -1.03. The van der Waals surface area contributed by atoms with E-state index in [0.717, 1.165) is 21.9 Å². The lowest BCUT2D eigenvalue weighted by Gasteiger charge is -2.07. The van der Waals surface area contributed by atoms with E-state index in [4.69, 9.17) is 5.73 Å². The van der Waals surface area contributed by atoms with Crippen LogP contribution in [-0.4, -0.2) is 5.91 Å². The Kier molecular flexibility index (Phi) is 3.80. The number of hydrogen-bond donors (Lipinski definition) is 2. The molecule has 3 nitrogen and oxygen atoms in total. The number of carbonyl (C=O) groups excluding carboxylic acids is 1. The molecule has 0 radical (unpaired) electrons. The summed E-state index contributed by atoms with van der Waals surface area (Å²) in [5, 5.41) is 2.47. The molecule has 2 rings (SSSR count). The largest absolute Gasteiger partial charge is 0.396 e. The normalized spacial score (nSPS) is 10.5. The molecule has 0 fully saturated rings. The van der Waals surface area contributed by atoms with Gasteiger partial charge >= 0.3 is 0 Å². The fourth-order valence-electron chi connectivity index (χ4n) is 1.61. The Morgan fingerprint density at radius 2 is 2.05 bits per heavy atom. The zero-order valence-electron chi connectivity index (χ0n) is 10.2. The van der Waals surface area contributed by atoms with Crippen LogP contribution in [0.15, 0.2) is 24.3 Å². The van der Waals surface area contributed by atoms with Crippen molar-refractivity contribution in [1.82, 2.24) is 5.32 Å². The molecule has 0 aliphatic rings. The Labute approximate surface area is 113 Å². The van der Waals surface area contributed by atoms with Gasteiger partial charge in [0.15, 0.2) is 5.82 Å². The van der Waals surface area contributed by atoms with E-state index in [0.29, 0.717) is 0 Å². The second-order valence-corrected chi connectivity index (χ2v) is 5.39. The maximum atomic E-state index is 13.6. The molecule has 0 aliphatic heterocycles. The number of amides is 1. The molecule has 100 valence electrons. The van der Waals surface area contributed by atoms with Crippen molar-refractivity contribution in [2.24, 2.45) is 0 Å². The van der Waals surface area contributed by atoms with Crippen LogP contribution in [0, 0.1) is 18.6 Å². The smallest absolute Gasteiger partial charge is 0.257 e. The number of benzene rings is 1. The van der Waals surface area contributed by atoms with Crippen molar-refractivity contribution in [2.45, 2.75) is 13.5 Å². The summed E-state index contributed by atoms with van der Waals surface area (Å²) in [4.78, 5) is 13.8. The van der Waals surface area contributed by atoms with Crippen LogP contribution in [0.2, 0.25) is 0 Å². The molecule has 19 heavy (non-hydrogen) atoms. The number of hydrogen-bond acceptors (Lipinski definition) is 3. The predicted octanol–water partition coefficient (Wildman–Crippen LogP) is 2.85. The quantitative estimate of drug-likeness (QED) is 0.850. The summed E-state index contributed by atoms with van der Waals surface area (Å²) in [7, 11) is 0. The molecule has 0 bridgehead atoms. The number of anilines is 1. The average Bonchev–Trinajstić information content (AvgIpc) is 2.78. The lowest BCUT2D eigenvalue weighted by atomic mass is 10.1. The van der Waals surface area contributed by atoms with Crippen LogP contribution in [0.5, 0.6) is 0 Å². The lowest BCUT2D eigenvalue weighted by molar-refractivity contribution is 0.0943. The highest BCUT2D eigenvalue weighted by molar-refractivity contribution is 7.11. The maximum Gasteiger partial charge on any atom is 0.257 e. The van der Waals surface area contributed by atoms with Gasteiger partial charge in [-0.3, -0.25) is 4.79 Å². The van der Waals surface area contributed by atoms with Gasteiger partial charge in [-0.1, -0.05) is 0 Å². The summed E-state index contributed by atoms with van der Waals surface area (Å²) in [5.41, 5.74) is 4.42. The second kappa shape index (κ2) is 5.36. The monoisotopic (exact) mass is 282 g/mol. The average molecular weight is 282 g/mol. The van der Waals surface area contributed by atoms with Crippen molar-refractivity contribution >= 4 is 22.9 Å². The van der Waals surface area contributed by atoms with Crippen LogP contribution in [0.25, 0.3) is 0 Å². The number of thiophene rings is 1. The number of nitrogens with one attached hydrogen (secondary N) is 1. The Balaban J connectivity index is 2.14. The fraction of sp³-hybridized carbons (Fsp3) is 0.154. The molecular weight excluding hydrogens is 270 g/mol. The molecule has 1 aromatic heterocycles. The van der Waals surface area contributed by atoms with Gasteiger partial charge in [-0.15, -0.1) is 11.3 Å². The first-order chi connectivity index (χ1) is 8.99. The Morgan fingerprint density at radius 3 is 2.68 bits per heavy atom. The Bertz CT molecular complexity index is 625. The second-order valence-electron chi connectivity index (χ2n) is 4.02. The van der Waals surface area contributed by atoms with Gasteiger partial charge in [-0.2, -0.15) is 0 Å². The first-order valence-corrected chi connectivity index (χ1v) is 6.37. The summed E-state index contributed by atoms with van der Waals surface area (Å²) in [5.74, 6) is -2.76. The molecule has 0 atom stereocenters. The third kappa shape index (κ3) is 2.90. The van der Waals surface area contributed by atoms with Gasteiger partial charge in [0, 0.05) is 9.75 Å². The van der Waals surface area contributed by atoms with Gasteiger partial charge in [0.2, 0.25) is 0 Å². The van der Waals surface area contributed by atoms with Crippen molar-refractivity contribution in [3.05, 3.63) is 51.2 Å². The van der Waals surface area contributed by atoms with Gasteiger partial charge in [0.25, 0.3) is 5.91 Å². The molecule has 0 unspecified atom stereocenters. The molecule has 0 spiro atoms. The summed E-state index contributed by atoms with van der Waals surface area (Å²) in [6.45, 7) is 2.16. The van der Waals surface area contributed by atoms with E-state index in [1.54, 1.807) is 0 Å². The molecule has 0 aliphatic carbocycles. The van der Waals surface area contributed by atoms with Crippen molar-refractivity contribution in [2.75, 3.05) is 5.73 Å². The fourth-order valence-corrected chi connectivity index (χ4v) is 2.44. The molecule has 0 saturated heterocycles. The number of nitrogen functional groups attached to an aromatic ring is 1. The Hall–Kier alpha value is -1.95. The first-order valence-electron chi connectivity index (χ1n) is 5.56. The van der Waals surface area contributed by atoms with Crippen molar-refractivity contribution in [3.8, 4) is 0 Å². The molecule has 2 aromatic rings. The number of aryl methyl sites for hydroxylation is 1. The molecule has 1 heterocycles. The minimum absolute atomic E-state index is 0.227. The number of carbonyl (C=O) groups is 1. The summed E-state index contributed by atoms with van der Waals surface area (Å²) >= 11 is 1.51. The maximum absolute atomic E-state index is 13.6. The van der Waals surface area contributed by atoms with Crippen LogP contribution in [0.3, 0.4) is 0 Å². The summed E-state index contributed by atoms with van der Waals surface area (Å²) < 4.78 is 27.1. The topological polar surface area (TPSA) is 55.1 Å². The van der Waals surface area contributed by atoms with E-state index in [1.165, 1.54) is 11.3 Å². The molecule has 6 heteroatoms. The van der Waals surface area contributed by atoms with Crippen molar-refractivity contribution in [1.29, 1.82) is 0 Å². The zero-order valence-corrected chi connectivity index (χ0v) is 11.0. The number of rotatable bonds is 3. The highest BCUT2D eigenvalue weighted by atomic mass is 32.1. The van der Waals surface area contributed by atoms with E-state index < -0.39 is 23.1 Å². The lowest BCUT2D eigenvalue weighted by Crippen LogP contribution is -2.25. The molecular formula is C13H12F2N2OS. The number of halogens is 2. The molecule has 3 N–H and O–H groups in total. The standard InChI is InChI=1S/C13H12F2N2OS/c1-7-2-3-8(19-7)6-17-13(18)11-9(14)4-5-10(16)12(11)15/h2-5H,6,16H2,1H3,(H,17,18). The van der Waals surface area contributed by atoms with Crippen LogP contribution in [0.4, 0.5) is 14.5 Å². The molecule has 0 saturated carbocycles. The third-order valence-electron chi connectivity index (χ3n) is 2.57. The summed E-state index contributed by atoms with van der Waals surface area (Å²) in [6, 6.07) is 5.83. The van der Waals surface area contributed by atoms with Crippen LogP contribution < -0.4 is 11.1 Å². The van der Waals surface area contributed by atoms with Gasteiger partial charge in [0.05, 0.1) is 12.2 Å². The first kappa shape index (κ1) is 13.5. The predicted molar refractivity (Wildman–Crippen MR) is 71.0 cm³/mol. The van der Waals surface area contributed by atoms with E-state index in [2.05, 4.69) is 5.32 Å². The highest BCUT2D eigenvalue weighted by Gasteiger charge is 2.19. The van der Waals surface area contributed by atoms with E-state index in [1.807, 2.05) is 19.1 Å². The minimum Gasteiger partial charge on any atom is -0.396 e. The van der Waals surface area contributed by atoms with E-state index in [-0.39, 0.29) is 12.2 Å². The zero-order chi connectivity index (χ0) is 14.0. The van der Waals surface area contributed by atoms with Gasteiger partial charge < -0.3 is 11.1 Å².